The van der Waals surface area contributed by atoms with E-state index in [2.05, 4.69) is 18.7 Å². The Kier molecular flexibility index (Phi) is 4.26. The fourth-order valence-corrected chi connectivity index (χ4v) is 3.57. The molecule has 2 unspecified atom stereocenters. The molecule has 2 aliphatic rings. The van der Waals surface area contributed by atoms with Gasteiger partial charge in [-0.1, -0.05) is 20.3 Å². The first-order valence-electron chi connectivity index (χ1n) is 7.18. The third-order valence-corrected chi connectivity index (χ3v) is 4.36. The van der Waals surface area contributed by atoms with Crippen LogP contribution in [0.3, 0.4) is 0 Å². The summed E-state index contributed by atoms with van der Waals surface area (Å²) < 4.78 is 0. The molecule has 2 aliphatic heterocycles. The van der Waals surface area contributed by atoms with Gasteiger partial charge in [0.25, 0.3) is 0 Å². The summed E-state index contributed by atoms with van der Waals surface area (Å²) in [5, 5.41) is 0. The average molecular weight is 224 g/mol. The van der Waals surface area contributed by atoms with E-state index in [0.717, 1.165) is 18.0 Å². The molecule has 0 aromatic carbocycles. The summed E-state index contributed by atoms with van der Waals surface area (Å²) in [5.41, 5.74) is 6.14. The first-order chi connectivity index (χ1) is 7.66. The highest BCUT2D eigenvalue weighted by molar-refractivity contribution is 4.93. The van der Waals surface area contributed by atoms with Crippen molar-refractivity contribution in [2.45, 2.75) is 76.9 Å². The van der Waals surface area contributed by atoms with Crippen LogP contribution >= 0.6 is 0 Å². The lowest BCUT2D eigenvalue weighted by molar-refractivity contribution is 0.0297. The molecule has 0 spiro atoms. The Labute approximate surface area is 101 Å². The van der Waals surface area contributed by atoms with Gasteiger partial charge in [-0.25, -0.2) is 0 Å². The molecule has 0 aliphatic carbocycles. The lowest BCUT2D eigenvalue weighted by Crippen LogP contribution is -2.55. The van der Waals surface area contributed by atoms with Crippen LogP contribution in [0.4, 0.5) is 0 Å². The van der Waals surface area contributed by atoms with Crippen molar-refractivity contribution in [3.8, 4) is 0 Å². The smallest absolute Gasteiger partial charge is 0.0113 e. The maximum atomic E-state index is 6.14. The van der Waals surface area contributed by atoms with E-state index in [9.17, 15) is 0 Å². The van der Waals surface area contributed by atoms with E-state index in [1.54, 1.807) is 0 Å². The van der Waals surface area contributed by atoms with Crippen molar-refractivity contribution in [1.29, 1.82) is 0 Å². The molecule has 2 heteroatoms. The molecule has 0 radical (unpaired) electrons. The van der Waals surface area contributed by atoms with Crippen LogP contribution in [-0.4, -0.2) is 29.6 Å². The van der Waals surface area contributed by atoms with Crippen molar-refractivity contribution in [2.75, 3.05) is 6.54 Å². The van der Waals surface area contributed by atoms with Crippen LogP contribution in [0.5, 0.6) is 0 Å². The molecule has 2 fully saturated rings. The van der Waals surface area contributed by atoms with E-state index in [1.165, 1.54) is 51.5 Å². The molecule has 2 saturated heterocycles. The number of hydrogen-bond acceptors (Lipinski definition) is 2. The topological polar surface area (TPSA) is 29.3 Å². The second kappa shape index (κ2) is 5.50. The minimum Gasteiger partial charge on any atom is -0.328 e. The third kappa shape index (κ3) is 2.98. The molecular formula is C14H28N2. The highest BCUT2D eigenvalue weighted by Gasteiger charge is 2.36. The molecule has 0 aromatic rings. The van der Waals surface area contributed by atoms with Crippen LogP contribution < -0.4 is 5.73 Å². The first-order valence-corrected chi connectivity index (χ1v) is 7.18. The van der Waals surface area contributed by atoms with Crippen molar-refractivity contribution < 1.29 is 0 Å². The van der Waals surface area contributed by atoms with Crippen LogP contribution in [0.2, 0.25) is 0 Å². The molecular weight excluding hydrogens is 196 g/mol. The van der Waals surface area contributed by atoms with Gasteiger partial charge in [0.05, 0.1) is 0 Å². The first kappa shape index (κ1) is 12.4. The zero-order chi connectivity index (χ0) is 11.5. The zero-order valence-electron chi connectivity index (χ0n) is 11.0. The summed E-state index contributed by atoms with van der Waals surface area (Å²) in [6, 6.07) is 2.11. The third-order valence-electron chi connectivity index (χ3n) is 4.36. The second-order valence-electron chi connectivity index (χ2n) is 6.24. The van der Waals surface area contributed by atoms with Crippen molar-refractivity contribution in [3.05, 3.63) is 0 Å². The summed E-state index contributed by atoms with van der Waals surface area (Å²) in [5.74, 6) is 0.854. The Bertz CT molecular complexity index is 201. The number of piperidine rings is 2. The highest BCUT2D eigenvalue weighted by Crippen LogP contribution is 2.33. The normalized spacial score (nSPS) is 35.6. The van der Waals surface area contributed by atoms with Crippen LogP contribution in [0, 0.1) is 5.92 Å². The largest absolute Gasteiger partial charge is 0.328 e. The lowest BCUT2D eigenvalue weighted by Gasteiger charge is -2.48. The van der Waals surface area contributed by atoms with Gasteiger partial charge < -0.3 is 5.73 Å². The number of hydrogen-bond donors (Lipinski definition) is 1. The van der Waals surface area contributed by atoms with Gasteiger partial charge in [-0.05, 0) is 51.0 Å². The quantitative estimate of drug-likeness (QED) is 0.795. The molecule has 2 heterocycles. The minimum absolute atomic E-state index is 0.483. The summed E-state index contributed by atoms with van der Waals surface area (Å²) in [6.45, 7) is 5.97. The van der Waals surface area contributed by atoms with Crippen LogP contribution in [0.25, 0.3) is 0 Å². The fourth-order valence-electron chi connectivity index (χ4n) is 3.57. The van der Waals surface area contributed by atoms with E-state index in [-0.39, 0.29) is 0 Å². The lowest BCUT2D eigenvalue weighted by atomic mass is 9.82. The van der Waals surface area contributed by atoms with Gasteiger partial charge in [-0.2, -0.15) is 0 Å². The summed E-state index contributed by atoms with van der Waals surface area (Å²) in [7, 11) is 0. The van der Waals surface area contributed by atoms with E-state index in [0.29, 0.717) is 6.04 Å². The molecule has 2 N–H and O–H groups in total. The molecule has 0 aromatic heterocycles. The van der Waals surface area contributed by atoms with Gasteiger partial charge in [0.1, 0.15) is 0 Å². The SMILES string of the molecule is CC(C)CCCN1C2CCCC1CC(N)C2. The predicted octanol–water partition coefficient (Wildman–Crippen LogP) is 2.77. The Morgan fingerprint density at radius 3 is 2.38 bits per heavy atom. The van der Waals surface area contributed by atoms with E-state index in [1.807, 2.05) is 0 Å². The van der Waals surface area contributed by atoms with E-state index < -0.39 is 0 Å². The maximum absolute atomic E-state index is 6.14. The molecule has 2 atom stereocenters. The van der Waals surface area contributed by atoms with Crippen molar-refractivity contribution >= 4 is 0 Å². The Morgan fingerprint density at radius 1 is 1.19 bits per heavy atom. The van der Waals surface area contributed by atoms with Gasteiger partial charge in [0.15, 0.2) is 0 Å². The number of rotatable bonds is 4. The molecule has 2 bridgehead atoms. The van der Waals surface area contributed by atoms with E-state index >= 15 is 0 Å². The average Bonchev–Trinajstić information content (AvgIpc) is 2.18. The van der Waals surface area contributed by atoms with Gasteiger partial charge in [-0.3, -0.25) is 4.90 Å². The van der Waals surface area contributed by atoms with Crippen LogP contribution in [0.1, 0.15) is 58.8 Å². The van der Waals surface area contributed by atoms with Crippen molar-refractivity contribution in [2.24, 2.45) is 11.7 Å². The molecule has 94 valence electrons. The van der Waals surface area contributed by atoms with Gasteiger partial charge in [-0.15, -0.1) is 0 Å². The Balaban J connectivity index is 1.83. The van der Waals surface area contributed by atoms with Crippen LogP contribution in [-0.2, 0) is 0 Å². The van der Waals surface area contributed by atoms with Crippen LogP contribution in [0.15, 0.2) is 0 Å². The summed E-state index contributed by atoms with van der Waals surface area (Å²) in [4.78, 5) is 2.79. The number of fused-ring (bicyclic) bond motifs is 2. The van der Waals surface area contributed by atoms with Gasteiger partial charge in [0.2, 0.25) is 0 Å². The molecule has 2 nitrogen and oxygen atoms in total. The fraction of sp³-hybridized carbons (Fsp3) is 1.00. The molecule has 2 rings (SSSR count). The Hall–Kier alpha value is -0.0800. The molecule has 0 amide bonds. The summed E-state index contributed by atoms with van der Waals surface area (Å²) in [6.07, 6.45) is 9.47. The summed E-state index contributed by atoms with van der Waals surface area (Å²) >= 11 is 0. The van der Waals surface area contributed by atoms with Gasteiger partial charge >= 0.3 is 0 Å². The maximum Gasteiger partial charge on any atom is 0.0113 e. The minimum atomic E-state index is 0.483. The van der Waals surface area contributed by atoms with Crippen molar-refractivity contribution in [1.82, 2.24) is 4.90 Å². The Morgan fingerprint density at radius 2 is 1.81 bits per heavy atom. The zero-order valence-corrected chi connectivity index (χ0v) is 11.0. The second-order valence-corrected chi connectivity index (χ2v) is 6.24. The molecule has 16 heavy (non-hydrogen) atoms. The molecule has 0 saturated carbocycles. The highest BCUT2D eigenvalue weighted by atomic mass is 15.2. The number of nitrogens with zero attached hydrogens (tertiary/aromatic N) is 1. The van der Waals surface area contributed by atoms with Crippen molar-refractivity contribution in [3.63, 3.8) is 0 Å². The van der Waals surface area contributed by atoms with E-state index in [4.69, 9.17) is 5.73 Å². The predicted molar refractivity (Wildman–Crippen MR) is 69.4 cm³/mol. The monoisotopic (exact) mass is 224 g/mol. The number of nitrogens with two attached hydrogens (primary N) is 1. The standard InChI is InChI=1S/C14H28N2/c1-11(2)5-4-8-16-13-6-3-7-14(16)10-12(15)9-13/h11-14H,3-10,15H2,1-2H3. The van der Waals surface area contributed by atoms with Gasteiger partial charge in [0, 0.05) is 18.1 Å².